The molecule has 0 saturated carbocycles. The smallest absolute Gasteiger partial charge is 0.273 e. The standard InChI is InChI=1S/C19H17N7O2/c1-12-15(26-11-5-9-21-19(26)22-12)18(27)25-10-4-7-14(25)17-23-16(24-28-17)13-6-2-3-8-20-13/h2-3,5-6,8-9,11,14H,4,7,10H2,1H3/t14-/m0/s1. The summed E-state index contributed by atoms with van der Waals surface area (Å²) in [6, 6.07) is 7.03. The van der Waals surface area contributed by atoms with Crippen LogP contribution in [0.25, 0.3) is 17.3 Å². The number of nitrogens with zero attached hydrogens (tertiary/aromatic N) is 7. The second kappa shape index (κ2) is 6.52. The first-order valence-electron chi connectivity index (χ1n) is 9.08. The Labute approximate surface area is 160 Å². The molecule has 5 heterocycles. The van der Waals surface area contributed by atoms with Crippen LogP contribution in [0.4, 0.5) is 0 Å². The van der Waals surface area contributed by atoms with Crippen molar-refractivity contribution in [1.29, 1.82) is 0 Å². The van der Waals surface area contributed by atoms with Crippen molar-refractivity contribution in [3.8, 4) is 11.5 Å². The summed E-state index contributed by atoms with van der Waals surface area (Å²) in [6.07, 6.45) is 6.77. The molecule has 1 aliphatic heterocycles. The minimum Gasteiger partial charge on any atom is -0.337 e. The molecule has 0 aliphatic carbocycles. The van der Waals surface area contributed by atoms with Gasteiger partial charge in [-0.15, -0.1) is 0 Å². The fraction of sp³-hybridized carbons (Fsp3) is 0.263. The molecule has 1 aliphatic rings. The van der Waals surface area contributed by atoms with Crippen LogP contribution in [0.1, 0.15) is 41.0 Å². The van der Waals surface area contributed by atoms with Crippen molar-refractivity contribution >= 4 is 11.7 Å². The second-order valence-corrected chi connectivity index (χ2v) is 6.66. The van der Waals surface area contributed by atoms with Gasteiger partial charge < -0.3 is 9.42 Å². The van der Waals surface area contributed by atoms with Crippen LogP contribution >= 0.6 is 0 Å². The Morgan fingerprint density at radius 1 is 1.18 bits per heavy atom. The van der Waals surface area contributed by atoms with Gasteiger partial charge in [-0.05, 0) is 38.0 Å². The molecule has 0 spiro atoms. The minimum absolute atomic E-state index is 0.113. The Kier molecular flexibility index (Phi) is 3.85. The van der Waals surface area contributed by atoms with Gasteiger partial charge in [0.25, 0.3) is 5.91 Å². The number of imidazole rings is 1. The normalized spacial score (nSPS) is 16.8. The van der Waals surface area contributed by atoms with Gasteiger partial charge in [-0.1, -0.05) is 11.2 Å². The summed E-state index contributed by atoms with van der Waals surface area (Å²) >= 11 is 0. The highest BCUT2D eigenvalue weighted by atomic mass is 16.5. The van der Waals surface area contributed by atoms with Gasteiger partial charge in [-0.2, -0.15) is 4.98 Å². The molecule has 1 fully saturated rings. The van der Waals surface area contributed by atoms with E-state index in [0.29, 0.717) is 41.1 Å². The maximum atomic E-state index is 13.3. The van der Waals surface area contributed by atoms with Crippen molar-refractivity contribution in [1.82, 2.24) is 34.4 Å². The van der Waals surface area contributed by atoms with Gasteiger partial charge in [0.05, 0.1) is 5.69 Å². The summed E-state index contributed by atoms with van der Waals surface area (Å²) in [5, 5.41) is 4.04. The van der Waals surface area contributed by atoms with Gasteiger partial charge >= 0.3 is 0 Å². The Balaban J connectivity index is 1.48. The molecule has 140 valence electrons. The van der Waals surface area contributed by atoms with Gasteiger partial charge in [0, 0.05) is 25.1 Å². The van der Waals surface area contributed by atoms with Gasteiger partial charge in [0.1, 0.15) is 17.4 Å². The lowest BCUT2D eigenvalue weighted by atomic mass is 10.2. The lowest BCUT2D eigenvalue weighted by Gasteiger charge is -2.21. The van der Waals surface area contributed by atoms with E-state index in [1.165, 1.54) is 0 Å². The number of fused-ring (bicyclic) bond motifs is 1. The maximum Gasteiger partial charge on any atom is 0.273 e. The average Bonchev–Trinajstić information content (AvgIpc) is 3.45. The number of amides is 1. The van der Waals surface area contributed by atoms with Crippen LogP contribution in [0, 0.1) is 6.92 Å². The fourth-order valence-corrected chi connectivity index (χ4v) is 3.63. The van der Waals surface area contributed by atoms with E-state index in [0.717, 1.165) is 12.8 Å². The Morgan fingerprint density at radius 2 is 2.07 bits per heavy atom. The Hall–Kier alpha value is -3.62. The minimum atomic E-state index is -0.265. The number of aromatic nitrogens is 6. The maximum absolute atomic E-state index is 13.3. The average molecular weight is 375 g/mol. The van der Waals surface area contributed by atoms with Crippen LogP contribution in [0.5, 0.6) is 0 Å². The summed E-state index contributed by atoms with van der Waals surface area (Å²) in [6.45, 7) is 2.44. The zero-order valence-corrected chi connectivity index (χ0v) is 15.2. The molecule has 9 nitrogen and oxygen atoms in total. The molecule has 1 saturated heterocycles. The first-order valence-corrected chi connectivity index (χ1v) is 9.08. The molecule has 5 rings (SSSR count). The monoisotopic (exact) mass is 375 g/mol. The molecule has 4 aromatic heterocycles. The molecule has 1 atom stereocenters. The molecule has 0 radical (unpaired) electrons. The number of carbonyl (C=O) groups excluding carboxylic acids is 1. The van der Waals surface area contributed by atoms with E-state index < -0.39 is 0 Å². The predicted molar refractivity (Wildman–Crippen MR) is 98.3 cm³/mol. The lowest BCUT2D eigenvalue weighted by molar-refractivity contribution is 0.0702. The summed E-state index contributed by atoms with van der Waals surface area (Å²) in [4.78, 5) is 32.5. The van der Waals surface area contributed by atoms with E-state index in [1.54, 1.807) is 34.0 Å². The van der Waals surface area contributed by atoms with E-state index >= 15 is 0 Å². The third-order valence-electron chi connectivity index (χ3n) is 4.92. The summed E-state index contributed by atoms with van der Waals surface area (Å²) in [5.41, 5.74) is 1.80. The number of rotatable bonds is 3. The predicted octanol–water partition coefficient (Wildman–Crippen LogP) is 2.46. The first-order chi connectivity index (χ1) is 13.7. The number of likely N-dealkylation sites (tertiary alicyclic amines) is 1. The van der Waals surface area contributed by atoms with Crippen molar-refractivity contribution < 1.29 is 9.32 Å². The summed E-state index contributed by atoms with van der Waals surface area (Å²) in [5.74, 6) is 1.24. The number of hydrogen-bond acceptors (Lipinski definition) is 7. The molecule has 0 N–H and O–H groups in total. The zero-order chi connectivity index (χ0) is 19.1. The van der Waals surface area contributed by atoms with Gasteiger partial charge in [-0.25, -0.2) is 9.97 Å². The third-order valence-corrected chi connectivity index (χ3v) is 4.92. The number of pyridine rings is 1. The fourth-order valence-electron chi connectivity index (χ4n) is 3.63. The highest BCUT2D eigenvalue weighted by Gasteiger charge is 2.36. The molecule has 1 amide bonds. The highest BCUT2D eigenvalue weighted by Crippen LogP contribution is 2.33. The van der Waals surface area contributed by atoms with Crippen molar-refractivity contribution in [3.63, 3.8) is 0 Å². The highest BCUT2D eigenvalue weighted by molar-refractivity contribution is 5.95. The Morgan fingerprint density at radius 3 is 2.93 bits per heavy atom. The molecular weight excluding hydrogens is 358 g/mol. The van der Waals surface area contributed by atoms with Gasteiger partial charge in [0.2, 0.25) is 17.5 Å². The van der Waals surface area contributed by atoms with E-state index in [4.69, 9.17) is 4.52 Å². The van der Waals surface area contributed by atoms with E-state index in [-0.39, 0.29) is 11.9 Å². The zero-order valence-electron chi connectivity index (χ0n) is 15.2. The van der Waals surface area contributed by atoms with Crippen LogP contribution < -0.4 is 0 Å². The van der Waals surface area contributed by atoms with Crippen molar-refractivity contribution in [2.45, 2.75) is 25.8 Å². The third kappa shape index (κ3) is 2.63. The van der Waals surface area contributed by atoms with E-state index in [9.17, 15) is 4.79 Å². The number of aryl methyl sites for hydroxylation is 1. The quantitative estimate of drug-likeness (QED) is 0.542. The largest absolute Gasteiger partial charge is 0.337 e. The topological polar surface area (TPSA) is 102 Å². The molecule has 0 unspecified atom stereocenters. The van der Waals surface area contributed by atoms with Crippen LogP contribution in [-0.4, -0.2) is 46.8 Å². The van der Waals surface area contributed by atoms with Crippen molar-refractivity contribution in [2.75, 3.05) is 6.54 Å². The van der Waals surface area contributed by atoms with Crippen molar-refractivity contribution in [2.24, 2.45) is 0 Å². The number of hydrogen-bond donors (Lipinski definition) is 0. The van der Waals surface area contributed by atoms with E-state index in [1.807, 2.05) is 25.1 Å². The van der Waals surface area contributed by atoms with Crippen LogP contribution in [0.15, 0.2) is 47.4 Å². The molecule has 28 heavy (non-hydrogen) atoms. The molecule has 4 aromatic rings. The second-order valence-electron chi connectivity index (χ2n) is 6.66. The molecule has 0 bridgehead atoms. The van der Waals surface area contributed by atoms with Crippen LogP contribution in [0.2, 0.25) is 0 Å². The Bertz CT molecular complexity index is 1150. The summed E-state index contributed by atoms with van der Waals surface area (Å²) < 4.78 is 7.21. The SMILES string of the molecule is Cc1nc2ncccn2c1C(=O)N1CCC[C@H]1c1nc(-c2ccccn2)no1. The molecule has 0 aromatic carbocycles. The summed E-state index contributed by atoms with van der Waals surface area (Å²) in [7, 11) is 0. The van der Waals surface area contributed by atoms with Crippen LogP contribution in [0.3, 0.4) is 0 Å². The number of carbonyl (C=O) groups is 1. The van der Waals surface area contributed by atoms with Gasteiger partial charge in [0.15, 0.2) is 0 Å². The van der Waals surface area contributed by atoms with Crippen LogP contribution in [-0.2, 0) is 0 Å². The lowest BCUT2D eigenvalue weighted by Crippen LogP contribution is -2.32. The molecular formula is C19H17N7O2. The van der Waals surface area contributed by atoms with Gasteiger partial charge in [-0.3, -0.25) is 14.2 Å². The first kappa shape index (κ1) is 16.5. The van der Waals surface area contributed by atoms with Crippen molar-refractivity contribution in [3.05, 3.63) is 60.1 Å². The molecule has 9 heteroatoms. The van der Waals surface area contributed by atoms with E-state index in [2.05, 4.69) is 25.1 Å².